The van der Waals surface area contributed by atoms with Gasteiger partial charge < -0.3 is 19.9 Å². The van der Waals surface area contributed by atoms with Crippen LogP contribution >= 0.6 is 11.6 Å². The van der Waals surface area contributed by atoms with Crippen LogP contribution in [0.3, 0.4) is 0 Å². The predicted octanol–water partition coefficient (Wildman–Crippen LogP) is 2.27. The Morgan fingerprint density at radius 2 is 2.14 bits per heavy atom. The maximum atomic E-state index is 13.1. The van der Waals surface area contributed by atoms with Crippen LogP contribution in [0, 0.1) is 17.1 Å². The molecule has 0 unspecified atom stereocenters. The van der Waals surface area contributed by atoms with Gasteiger partial charge in [0.2, 0.25) is 12.0 Å². The molecule has 2 N–H and O–H groups in total. The average Bonchev–Trinajstić information content (AvgIpc) is 3.29. The first-order valence-electron chi connectivity index (χ1n) is 10.2. The van der Waals surface area contributed by atoms with Gasteiger partial charge in [-0.1, -0.05) is 17.7 Å². The molecule has 1 amide bonds. The van der Waals surface area contributed by atoms with Gasteiger partial charge in [-0.3, -0.25) is 4.79 Å². The highest BCUT2D eigenvalue weighted by Gasteiger charge is 2.24. The van der Waals surface area contributed by atoms with Crippen LogP contribution in [0.25, 0.3) is 16.7 Å². The van der Waals surface area contributed by atoms with E-state index in [0.717, 1.165) is 12.3 Å². The molecule has 3 heterocycles. The standard InChI is InChI=1S/C22H17ClFN7O4/c23-16-3-1-2-13(8-25)19(16)31-10-15-20(30-31)27-12-28-22(15)35-17(11-34-7-6-32)21(33)29-18-5-4-14(24)9-26-18/h1-5,9-10,12,17,32H,6-7,11H2,(H,26,29,33)/t17-/m0/s1. The zero-order valence-corrected chi connectivity index (χ0v) is 18.7. The monoisotopic (exact) mass is 497 g/mol. The minimum absolute atomic E-state index is 0.0200. The van der Waals surface area contributed by atoms with Crippen LogP contribution in [-0.4, -0.2) is 61.7 Å². The first-order valence-corrected chi connectivity index (χ1v) is 10.5. The van der Waals surface area contributed by atoms with Crippen molar-refractivity contribution in [2.24, 2.45) is 0 Å². The molecular weight excluding hydrogens is 481 g/mol. The quantitative estimate of drug-likeness (QED) is 0.332. The molecule has 4 aromatic rings. The Hall–Kier alpha value is -4.18. The second kappa shape index (κ2) is 10.8. The van der Waals surface area contributed by atoms with Crippen LogP contribution in [0.4, 0.5) is 10.2 Å². The molecule has 1 aromatic carbocycles. The molecule has 0 fully saturated rings. The molecule has 0 spiro atoms. The van der Waals surface area contributed by atoms with Crippen LogP contribution < -0.4 is 10.1 Å². The van der Waals surface area contributed by atoms with Gasteiger partial charge in [-0.25, -0.2) is 24.0 Å². The summed E-state index contributed by atoms with van der Waals surface area (Å²) in [4.78, 5) is 24.9. The number of ether oxygens (including phenoxy) is 2. The highest BCUT2D eigenvalue weighted by molar-refractivity contribution is 6.32. The Morgan fingerprint density at radius 1 is 1.29 bits per heavy atom. The number of rotatable bonds is 9. The topological polar surface area (TPSA) is 148 Å². The predicted molar refractivity (Wildman–Crippen MR) is 122 cm³/mol. The van der Waals surface area contributed by atoms with Crippen molar-refractivity contribution < 1.29 is 23.8 Å². The van der Waals surface area contributed by atoms with Gasteiger partial charge in [0.05, 0.1) is 36.6 Å². The molecule has 0 bridgehead atoms. The summed E-state index contributed by atoms with van der Waals surface area (Å²) in [5.41, 5.74) is 0.875. The van der Waals surface area contributed by atoms with E-state index in [2.05, 4.69) is 31.4 Å². The fraction of sp³-hybridized carbons (Fsp3) is 0.182. The van der Waals surface area contributed by atoms with Gasteiger partial charge in [0.25, 0.3) is 5.91 Å². The summed E-state index contributed by atoms with van der Waals surface area (Å²) in [6.45, 7) is -0.504. The van der Waals surface area contributed by atoms with Gasteiger partial charge in [-0.15, -0.1) is 5.10 Å². The maximum Gasteiger partial charge on any atom is 0.269 e. The number of nitriles is 1. The number of hydrogen-bond donors (Lipinski definition) is 2. The van der Waals surface area contributed by atoms with Crippen molar-refractivity contribution in [2.75, 3.05) is 25.1 Å². The zero-order valence-electron chi connectivity index (χ0n) is 17.9. The zero-order chi connectivity index (χ0) is 24.8. The number of nitrogens with zero attached hydrogens (tertiary/aromatic N) is 6. The maximum absolute atomic E-state index is 13.1. The van der Waals surface area contributed by atoms with Gasteiger partial charge in [0, 0.05) is 6.20 Å². The lowest BCUT2D eigenvalue weighted by Gasteiger charge is -2.18. The number of carbonyl (C=O) groups is 1. The number of amides is 1. The Balaban J connectivity index is 1.65. The third kappa shape index (κ3) is 5.49. The number of halogens is 2. The number of aromatic nitrogens is 5. The summed E-state index contributed by atoms with van der Waals surface area (Å²) in [5.74, 6) is -1.07. The largest absolute Gasteiger partial charge is 0.461 e. The van der Waals surface area contributed by atoms with Crippen molar-refractivity contribution in [1.82, 2.24) is 24.7 Å². The first-order chi connectivity index (χ1) is 17.0. The molecule has 0 saturated carbocycles. The highest BCUT2D eigenvalue weighted by Crippen LogP contribution is 2.28. The van der Waals surface area contributed by atoms with E-state index < -0.39 is 17.8 Å². The van der Waals surface area contributed by atoms with Gasteiger partial charge in [-0.05, 0) is 24.3 Å². The number of carbonyl (C=O) groups excluding carboxylic acids is 1. The lowest BCUT2D eigenvalue weighted by Crippen LogP contribution is -2.37. The molecular formula is C22H17ClFN7O4. The number of aliphatic hydroxyl groups excluding tert-OH is 1. The number of para-hydroxylation sites is 1. The van der Waals surface area contributed by atoms with Crippen LogP contribution in [0.2, 0.25) is 5.02 Å². The average molecular weight is 498 g/mol. The number of aliphatic hydroxyl groups is 1. The Labute approximate surface area is 202 Å². The summed E-state index contributed by atoms with van der Waals surface area (Å²) >= 11 is 6.30. The third-order valence-corrected chi connectivity index (χ3v) is 4.95. The van der Waals surface area contributed by atoms with Crippen LogP contribution in [0.1, 0.15) is 5.56 Å². The Bertz CT molecular complexity index is 1390. The molecule has 0 radical (unpaired) electrons. The number of fused-ring (bicyclic) bond motifs is 1. The van der Waals surface area contributed by atoms with E-state index in [-0.39, 0.29) is 37.2 Å². The van der Waals surface area contributed by atoms with E-state index in [0.29, 0.717) is 21.7 Å². The summed E-state index contributed by atoms with van der Waals surface area (Å²) in [5, 5.41) is 26.0. The van der Waals surface area contributed by atoms with E-state index >= 15 is 0 Å². The Morgan fingerprint density at radius 3 is 2.89 bits per heavy atom. The Kier molecular flexibility index (Phi) is 7.41. The second-order valence-corrected chi connectivity index (χ2v) is 7.40. The number of nitrogens with one attached hydrogen (secondary N) is 1. The summed E-state index contributed by atoms with van der Waals surface area (Å²) in [7, 11) is 0. The van der Waals surface area contributed by atoms with E-state index in [1.54, 1.807) is 18.2 Å². The molecule has 0 aliphatic rings. The highest BCUT2D eigenvalue weighted by atomic mass is 35.5. The van der Waals surface area contributed by atoms with Gasteiger partial charge in [-0.2, -0.15) is 5.26 Å². The summed E-state index contributed by atoms with van der Waals surface area (Å²) < 4.78 is 25.7. The summed E-state index contributed by atoms with van der Waals surface area (Å²) in [6, 6.07) is 9.37. The first kappa shape index (κ1) is 24.0. The minimum atomic E-state index is -1.22. The smallest absolute Gasteiger partial charge is 0.269 e. The lowest BCUT2D eigenvalue weighted by atomic mass is 10.2. The third-order valence-electron chi connectivity index (χ3n) is 4.65. The van der Waals surface area contributed by atoms with Crippen LogP contribution in [0.15, 0.2) is 49.1 Å². The summed E-state index contributed by atoms with van der Waals surface area (Å²) in [6.07, 6.45) is 2.47. The number of benzene rings is 1. The van der Waals surface area contributed by atoms with Gasteiger partial charge in [0.15, 0.2) is 5.65 Å². The van der Waals surface area contributed by atoms with E-state index in [1.165, 1.54) is 23.3 Å². The normalized spacial score (nSPS) is 11.7. The molecule has 3 aromatic heterocycles. The molecule has 13 heteroatoms. The number of anilines is 1. The van der Waals surface area contributed by atoms with Crippen molar-refractivity contribution in [3.63, 3.8) is 0 Å². The van der Waals surface area contributed by atoms with Crippen LogP contribution in [-0.2, 0) is 9.53 Å². The van der Waals surface area contributed by atoms with E-state index in [9.17, 15) is 14.4 Å². The van der Waals surface area contributed by atoms with Gasteiger partial charge in [0.1, 0.15) is 35.1 Å². The fourth-order valence-electron chi connectivity index (χ4n) is 3.07. The van der Waals surface area contributed by atoms with Crippen molar-refractivity contribution in [2.45, 2.75) is 6.10 Å². The van der Waals surface area contributed by atoms with Crippen molar-refractivity contribution in [3.8, 4) is 17.6 Å². The minimum Gasteiger partial charge on any atom is -0.461 e. The molecule has 0 aliphatic carbocycles. The molecule has 11 nitrogen and oxygen atoms in total. The molecule has 4 rings (SSSR count). The van der Waals surface area contributed by atoms with Gasteiger partial charge >= 0.3 is 0 Å². The van der Waals surface area contributed by atoms with E-state index in [1.807, 2.05) is 0 Å². The molecule has 178 valence electrons. The van der Waals surface area contributed by atoms with Crippen molar-refractivity contribution in [3.05, 3.63) is 65.5 Å². The van der Waals surface area contributed by atoms with Crippen LogP contribution in [0.5, 0.6) is 5.88 Å². The lowest BCUT2D eigenvalue weighted by molar-refractivity contribution is -0.125. The molecule has 1 atom stereocenters. The number of hydrogen-bond acceptors (Lipinski definition) is 9. The second-order valence-electron chi connectivity index (χ2n) is 6.99. The van der Waals surface area contributed by atoms with E-state index in [4.69, 9.17) is 26.2 Å². The fourth-order valence-corrected chi connectivity index (χ4v) is 3.33. The molecule has 35 heavy (non-hydrogen) atoms. The van der Waals surface area contributed by atoms with Crippen molar-refractivity contribution >= 4 is 34.4 Å². The van der Waals surface area contributed by atoms with Crippen molar-refractivity contribution in [1.29, 1.82) is 5.26 Å². The molecule has 0 aliphatic heterocycles. The molecule has 0 saturated heterocycles. The number of pyridine rings is 1. The SMILES string of the molecule is N#Cc1cccc(Cl)c1-n1cc2c(O[C@@H](COCCO)C(=O)Nc3ccc(F)cn3)ncnc2n1.